The van der Waals surface area contributed by atoms with Gasteiger partial charge in [-0.2, -0.15) is 0 Å². The molecule has 3 atom stereocenters. The number of hydrogen-bond acceptors (Lipinski definition) is 14. The number of para-hydroxylation sites is 1. The molecule has 2 bridgehead atoms. The number of fused-ring (bicyclic) bond motifs is 4. The van der Waals surface area contributed by atoms with Crippen molar-refractivity contribution in [1.29, 1.82) is 5.41 Å². The van der Waals surface area contributed by atoms with Gasteiger partial charge in [0, 0.05) is 86.3 Å². The summed E-state index contributed by atoms with van der Waals surface area (Å²) in [6, 6.07) is 28.6. The second-order valence-corrected chi connectivity index (χ2v) is 19.9. The normalized spacial score (nSPS) is 18.9. The van der Waals surface area contributed by atoms with Crippen LogP contribution >= 0.6 is 11.3 Å². The van der Waals surface area contributed by atoms with Crippen LogP contribution < -0.4 is 30.9 Å². The number of thiazole rings is 1. The first-order chi connectivity index (χ1) is 34.9. The summed E-state index contributed by atoms with van der Waals surface area (Å²) in [7, 11) is 1.73. The number of imide groups is 1. The van der Waals surface area contributed by atoms with Crippen molar-refractivity contribution < 1.29 is 33.8 Å². The van der Waals surface area contributed by atoms with Gasteiger partial charge in [-0.1, -0.05) is 47.7 Å². The molecule has 3 saturated heterocycles. The number of rotatable bonds is 16. The molecule has 370 valence electrons. The maximum absolute atomic E-state index is 13.6. The van der Waals surface area contributed by atoms with Crippen LogP contribution in [0.3, 0.4) is 0 Å². The molecule has 2 aromatic heterocycles. The number of carbonyl (C=O) groups is 5. The zero-order valence-corrected chi connectivity index (χ0v) is 40.9. The third kappa shape index (κ3) is 10.0. The monoisotopic (exact) mass is 988 g/mol. The lowest BCUT2D eigenvalue weighted by Crippen LogP contribution is -2.55. The number of amides is 4. The van der Waals surface area contributed by atoms with Gasteiger partial charge in [0.2, 0.25) is 17.7 Å². The zero-order valence-electron chi connectivity index (χ0n) is 40.1. The number of nitrogens with zero attached hydrogens (tertiary/aromatic N) is 5. The summed E-state index contributed by atoms with van der Waals surface area (Å²) in [6.07, 6.45) is 3.97. The summed E-state index contributed by atoms with van der Waals surface area (Å²) in [4.78, 5) is 80.0. The van der Waals surface area contributed by atoms with E-state index in [1.165, 1.54) is 11.3 Å². The number of piperazine rings is 1. The Labute approximate surface area is 420 Å². The minimum Gasteiger partial charge on any atom is -0.493 e. The van der Waals surface area contributed by atoms with Gasteiger partial charge >= 0.3 is 5.97 Å². The summed E-state index contributed by atoms with van der Waals surface area (Å²) >= 11 is 1.42. The molecule has 3 fully saturated rings. The van der Waals surface area contributed by atoms with Crippen LogP contribution in [0.1, 0.15) is 75.2 Å². The van der Waals surface area contributed by atoms with Crippen molar-refractivity contribution in [2.75, 3.05) is 67.2 Å². The van der Waals surface area contributed by atoms with Crippen molar-refractivity contribution >= 4 is 79.2 Å². The van der Waals surface area contributed by atoms with Crippen LogP contribution in [0.2, 0.25) is 0 Å². The predicted molar refractivity (Wildman–Crippen MR) is 278 cm³/mol. The molecule has 10 rings (SSSR count). The summed E-state index contributed by atoms with van der Waals surface area (Å²) in [5.41, 5.74) is 7.17. The molecule has 0 saturated carbocycles. The molecule has 4 aliphatic rings. The lowest BCUT2D eigenvalue weighted by Gasteiger charge is -2.40. The first kappa shape index (κ1) is 48.1. The van der Waals surface area contributed by atoms with Gasteiger partial charge in [0.25, 0.3) is 5.91 Å². The number of carboxylic acid groups (broad SMARTS) is 1. The molecular weight excluding hydrogens is 933 g/mol. The smallest absolute Gasteiger partial charge is 0.355 e. The Bertz CT molecular complexity index is 3090. The predicted octanol–water partition coefficient (Wildman–Crippen LogP) is 7.20. The molecule has 0 radical (unpaired) electrons. The fourth-order valence-electron chi connectivity index (χ4n) is 10.7. The van der Waals surface area contributed by atoms with Gasteiger partial charge in [-0.3, -0.25) is 34.7 Å². The SMILES string of the molecule is CNc1cc(NC(=O)CN2C3CCC2CN(CCCOc2cccc(-c4ccc(N5CCc6cccc(C(=O)Nc7nc8ccccc8s7)c6C5)nc4C(=O)O)c2C)C3)ccc1C(=N)C1CCC(=O)NC1=O. The number of piperidine rings is 1. The van der Waals surface area contributed by atoms with Crippen molar-refractivity contribution in [2.45, 2.75) is 64.1 Å². The average molecular weight is 989 g/mol. The van der Waals surface area contributed by atoms with Crippen LogP contribution in [-0.2, 0) is 27.3 Å². The van der Waals surface area contributed by atoms with E-state index in [1.54, 1.807) is 25.2 Å². The van der Waals surface area contributed by atoms with E-state index in [2.05, 4.69) is 36.1 Å². The third-order valence-electron chi connectivity index (χ3n) is 14.4. The third-order valence-corrected chi connectivity index (χ3v) is 15.3. The Morgan fingerprint density at radius 3 is 2.47 bits per heavy atom. The highest BCUT2D eigenvalue weighted by Crippen LogP contribution is 2.36. The van der Waals surface area contributed by atoms with Crippen molar-refractivity contribution in [2.24, 2.45) is 5.92 Å². The van der Waals surface area contributed by atoms with Gasteiger partial charge < -0.3 is 35.7 Å². The Morgan fingerprint density at radius 2 is 1.69 bits per heavy atom. The molecule has 3 unspecified atom stereocenters. The molecule has 4 aromatic carbocycles. The number of benzene rings is 4. The Balaban J connectivity index is 0.724. The molecule has 72 heavy (non-hydrogen) atoms. The number of carboxylic acids is 1. The highest BCUT2D eigenvalue weighted by molar-refractivity contribution is 7.22. The maximum atomic E-state index is 13.6. The highest BCUT2D eigenvalue weighted by Gasteiger charge is 2.40. The standard InChI is InChI=1S/C54H56N10O7S/c1-31-36(37-18-20-46(59-50(37)53(69)70)63-24-22-32-8-5-10-38(41(32)29-63)51(67)61-54-58-42-11-3-4-13-45(42)72-54)9-6-12-44(31)71-25-7-23-62-27-34-15-16-35(28-62)64(34)30-48(66)57-33-14-17-39(43(26-33)56-2)49(55)40-19-21-47(65)60-52(40)68/h3-6,8-14,17-18,20,26,34-35,40,55-56H,7,15-16,19,21-25,27-30H2,1-2H3,(H,57,66)(H,69,70)(H,58,61,67)(H,60,65,68). The van der Waals surface area contributed by atoms with Crippen LogP contribution in [0.4, 0.5) is 22.3 Å². The minimum absolute atomic E-state index is 0.0607. The van der Waals surface area contributed by atoms with Crippen LogP contribution in [-0.4, -0.2) is 119 Å². The number of likely N-dealkylation sites (tertiary alicyclic amines) is 1. The summed E-state index contributed by atoms with van der Waals surface area (Å²) in [5.74, 6) is -1.80. The quantitative estimate of drug-likeness (QED) is 0.0321. The van der Waals surface area contributed by atoms with E-state index < -0.39 is 17.8 Å². The molecule has 4 aliphatic heterocycles. The molecular formula is C54H56N10O7S. The molecule has 0 spiro atoms. The summed E-state index contributed by atoms with van der Waals surface area (Å²) in [6.45, 7) is 6.22. The topological polar surface area (TPSA) is 222 Å². The van der Waals surface area contributed by atoms with Crippen molar-refractivity contribution in [3.05, 3.63) is 125 Å². The minimum atomic E-state index is -1.14. The van der Waals surface area contributed by atoms with Gasteiger partial charge in [-0.25, -0.2) is 14.8 Å². The van der Waals surface area contributed by atoms with Crippen LogP contribution in [0.15, 0.2) is 91.0 Å². The van der Waals surface area contributed by atoms with Crippen LogP contribution in [0, 0.1) is 18.3 Å². The number of aromatic nitrogens is 2. The second kappa shape index (κ2) is 20.7. The van der Waals surface area contributed by atoms with E-state index in [0.717, 1.165) is 71.4 Å². The Hall–Kier alpha value is -7.54. The number of nitrogens with one attached hydrogen (secondary N) is 5. The number of ether oxygens (including phenoxy) is 1. The molecule has 6 N–H and O–H groups in total. The highest BCUT2D eigenvalue weighted by atomic mass is 32.1. The number of aromatic carboxylic acids is 1. The molecule has 6 aromatic rings. The largest absolute Gasteiger partial charge is 0.493 e. The van der Waals surface area contributed by atoms with E-state index in [-0.39, 0.29) is 60.6 Å². The van der Waals surface area contributed by atoms with Gasteiger partial charge in [0.15, 0.2) is 10.8 Å². The molecule has 4 amide bonds. The fraction of sp³-hybridized carbons (Fsp3) is 0.333. The summed E-state index contributed by atoms with van der Waals surface area (Å²) in [5, 5.41) is 31.2. The number of carbonyl (C=O) groups excluding carboxylic acids is 4. The Kier molecular flexibility index (Phi) is 13.8. The van der Waals surface area contributed by atoms with Gasteiger partial charge in [-0.15, -0.1) is 0 Å². The molecule has 0 aliphatic carbocycles. The first-order valence-corrected chi connectivity index (χ1v) is 25.2. The lowest BCUT2D eigenvalue weighted by molar-refractivity contribution is -0.134. The van der Waals surface area contributed by atoms with Gasteiger partial charge in [0.1, 0.15) is 11.6 Å². The van der Waals surface area contributed by atoms with E-state index in [4.69, 9.17) is 15.1 Å². The van der Waals surface area contributed by atoms with Crippen LogP contribution in [0.5, 0.6) is 5.75 Å². The fourth-order valence-corrected chi connectivity index (χ4v) is 11.6. The summed E-state index contributed by atoms with van der Waals surface area (Å²) < 4.78 is 7.34. The first-order valence-electron chi connectivity index (χ1n) is 24.4. The van der Waals surface area contributed by atoms with Crippen LogP contribution in [0.25, 0.3) is 21.3 Å². The van der Waals surface area contributed by atoms with E-state index in [9.17, 15) is 29.1 Å². The number of hydrogen-bond donors (Lipinski definition) is 6. The zero-order chi connectivity index (χ0) is 50.0. The van der Waals surface area contributed by atoms with Crippen molar-refractivity contribution in [3.63, 3.8) is 0 Å². The number of anilines is 4. The van der Waals surface area contributed by atoms with Crippen molar-refractivity contribution in [1.82, 2.24) is 25.1 Å². The molecule has 17 nitrogen and oxygen atoms in total. The molecule has 6 heterocycles. The van der Waals surface area contributed by atoms with E-state index in [1.807, 2.05) is 84.6 Å². The Morgan fingerprint density at radius 1 is 0.889 bits per heavy atom. The van der Waals surface area contributed by atoms with E-state index in [0.29, 0.717) is 70.9 Å². The number of pyridine rings is 1. The maximum Gasteiger partial charge on any atom is 0.355 e. The molecule has 18 heteroatoms. The van der Waals surface area contributed by atoms with Gasteiger partial charge in [-0.05, 0) is 116 Å². The second-order valence-electron chi connectivity index (χ2n) is 18.8. The van der Waals surface area contributed by atoms with Gasteiger partial charge in [0.05, 0.1) is 35.0 Å². The van der Waals surface area contributed by atoms with E-state index >= 15 is 0 Å². The average Bonchev–Trinajstić information content (AvgIpc) is 3.88. The lowest BCUT2D eigenvalue weighted by atomic mass is 9.88. The van der Waals surface area contributed by atoms with Crippen molar-refractivity contribution in [3.8, 4) is 16.9 Å².